The molecule has 0 aromatic heterocycles. The predicted octanol–water partition coefficient (Wildman–Crippen LogP) is 4.15. The maximum absolute atomic E-state index is 7.03. The van der Waals surface area contributed by atoms with Gasteiger partial charge in [-0.25, -0.2) is 4.85 Å². The molecule has 1 nitrogen and oxygen atoms in total. The van der Waals surface area contributed by atoms with E-state index in [-0.39, 0.29) is 5.41 Å². The smallest absolute Gasteiger partial charge is 0.190 e. The van der Waals surface area contributed by atoms with Crippen LogP contribution in [-0.4, -0.2) is 0 Å². The number of hydrogen-bond acceptors (Lipinski definition) is 0. The van der Waals surface area contributed by atoms with Gasteiger partial charge in [-0.15, -0.1) is 0 Å². The van der Waals surface area contributed by atoms with Crippen LogP contribution in [0.5, 0.6) is 0 Å². The van der Waals surface area contributed by atoms with E-state index in [1.807, 2.05) is 13.0 Å². The molecule has 14 heavy (non-hydrogen) atoms. The van der Waals surface area contributed by atoms with Crippen molar-refractivity contribution in [1.82, 2.24) is 0 Å². The molecule has 0 aliphatic heterocycles. The maximum Gasteiger partial charge on any atom is 0.190 e. The van der Waals surface area contributed by atoms with Gasteiger partial charge in [0.2, 0.25) is 0 Å². The molecular formula is C13H17N. The molecule has 1 rings (SSSR count). The number of hydrogen-bond donors (Lipinski definition) is 0. The van der Waals surface area contributed by atoms with Gasteiger partial charge in [-0.05, 0) is 30.4 Å². The Morgan fingerprint density at radius 2 is 1.64 bits per heavy atom. The van der Waals surface area contributed by atoms with Gasteiger partial charge in [-0.3, -0.25) is 0 Å². The molecule has 0 unspecified atom stereocenters. The van der Waals surface area contributed by atoms with Crippen molar-refractivity contribution in [2.24, 2.45) is 0 Å². The van der Waals surface area contributed by atoms with Crippen molar-refractivity contribution in [3.63, 3.8) is 0 Å². The van der Waals surface area contributed by atoms with Crippen LogP contribution in [0.1, 0.15) is 37.5 Å². The zero-order valence-corrected chi connectivity index (χ0v) is 9.60. The predicted molar refractivity (Wildman–Crippen MR) is 60.9 cm³/mol. The molecule has 0 saturated heterocycles. The Kier molecular flexibility index (Phi) is 2.66. The fraction of sp³-hybridized carbons (Fsp3) is 0.462. The Hall–Kier alpha value is -1.29. The first-order chi connectivity index (χ1) is 6.38. The van der Waals surface area contributed by atoms with Crippen LogP contribution in [-0.2, 0) is 5.41 Å². The highest BCUT2D eigenvalue weighted by Gasteiger charge is 2.17. The van der Waals surface area contributed by atoms with Crippen molar-refractivity contribution in [1.29, 1.82) is 0 Å². The lowest BCUT2D eigenvalue weighted by Gasteiger charge is -2.23. The van der Waals surface area contributed by atoms with Crippen LogP contribution in [0, 0.1) is 20.4 Å². The number of nitrogens with zero attached hydrogens (tertiary/aromatic N) is 1. The van der Waals surface area contributed by atoms with Gasteiger partial charge < -0.3 is 0 Å². The molecule has 0 saturated carbocycles. The zero-order chi connectivity index (χ0) is 10.9. The molecule has 0 bridgehead atoms. The standard InChI is InChI=1S/C13H17N/c1-9-10(2)12(14-6)8-7-11(9)13(3,4)5/h7-8H,1-5H3. The van der Waals surface area contributed by atoms with Crippen molar-refractivity contribution in [3.8, 4) is 0 Å². The van der Waals surface area contributed by atoms with E-state index in [9.17, 15) is 0 Å². The van der Waals surface area contributed by atoms with Crippen LogP contribution in [0.15, 0.2) is 12.1 Å². The van der Waals surface area contributed by atoms with Crippen molar-refractivity contribution in [3.05, 3.63) is 40.2 Å². The topological polar surface area (TPSA) is 4.36 Å². The number of rotatable bonds is 0. The molecule has 0 spiro atoms. The Balaban J connectivity index is 3.41. The second-order valence-electron chi connectivity index (χ2n) is 4.74. The van der Waals surface area contributed by atoms with Crippen molar-refractivity contribution in [2.75, 3.05) is 0 Å². The largest absolute Gasteiger partial charge is 0.238 e. The monoisotopic (exact) mass is 187 g/mol. The summed E-state index contributed by atoms with van der Waals surface area (Å²) >= 11 is 0. The van der Waals surface area contributed by atoms with E-state index in [0.717, 1.165) is 11.3 Å². The third kappa shape index (κ3) is 1.80. The SMILES string of the molecule is [C-]#[N+]c1ccc(C(C)(C)C)c(C)c1C. The first-order valence-electron chi connectivity index (χ1n) is 4.86. The molecule has 0 amide bonds. The Morgan fingerprint density at radius 3 is 2.07 bits per heavy atom. The summed E-state index contributed by atoms with van der Waals surface area (Å²) < 4.78 is 0. The van der Waals surface area contributed by atoms with Crippen molar-refractivity contribution < 1.29 is 0 Å². The summed E-state index contributed by atoms with van der Waals surface area (Å²) in [6, 6.07) is 4.01. The third-order valence-corrected chi connectivity index (χ3v) is 2.69. The van der Waals surface area contributed by atoms with E-state index in [1.54, 1.807) is 0 Å². The number of benzene rings is 1. The van der Waals surface area contributed by atoms with E-state index in [1.165, 1.54) is 11.1 Å². The molecule has 0 radical (unpaired) electrons. The average molecular weight is 187 g/mol. The fourth-order valence-corrected chi connectivity index (χ4v) is 1.74. The van der Waals surface area contributed by atoms with E-state index < -0.39 is 0 Å². The van der Waals surface area contributed by atoms with E-state index in [4.69, 9.17) is 6.57 Å². The minimum absolute atomic E-state index is 0.162. The Morgan fingerprint density at radius 1 is 1.07 bits per heavy atom. The summed E-state index contributed by atoms with van der Waals surface area (Å²) in [5.41, 5.74) is 4.64. The molecule has 0 heterocycles. The Bertz CT molecular complexity index is 389. The minimum Gasteiger partial charge on any atom is -0.238 e. The lowest BCUT2D eigenvalue weighted by atomic mass is 9.82. The first-order valence-corrected chi connectivity index (χ1v) is 4.86. The van der Waals surface area contributed by atoms with Crippen LogP contribution in [0.2, 0.25) is 0 Å². The molecule has 0 fully saturated rings. The molecule has 0 atom stereocenters. The van der Waals surface area contributed by atoms with Gasteiger partial charge in [-0.1, -0.05) is 38.5 Å². The maximum atomic E-state index is 7.03. The first kappa shape index (κ1) is 10.8. The summed E-state index contributed by atoms with van der Waals surface area (Å²) in [5.74, 6) is 0. The van der Waals surface area contributed by atoms with Gasteiger partial charge in [0, 0.05) is 0 Å². The molecule has 1 heteroatoms. The highest BCUT2D eigenvalue weighted by Crippen LogP contribution is 2.31. The third-order valence-electron chi connectivity index (χ3n) is 2.69. The van der Waals surface area contributed by atoms with Crippen LogP contribution in [0.3, 0.4) is 0 Å². The molecule has 0 N–H and O–H groups in total. The summed E-state index contributed by atoms with van der Waals surface area (Å²) in [7, 11) is 0. The van der Waals surface area contributed by atoms with E-state index >= 15 is 0 Å². The van der Waals surface area contributed by atoms with E-state index in [0.29, 0.717) is 0 Å². The van der Waals surface area contributed by atoms with Gasteiger partial charge in [0.15, 0.2) is 5.69 Å². The molecule has 0 aliphatic rings. The lowest BCUT2D eigenvalue weighted by Crippen LogP contribution is -2.13. The van der Waals surface area contributed by atoms with Crippen LogP contribution in [0.25, 0.3) is 4.85 Å². The molecular weight excluding hydrogens is 170 g/mol. The molecule has 1 aromatic carbocycles. The highest BCUT2D eigenvalue weighted by molar-refractivity contribution is 5.57. The quantitative estimate of drug-likeness (QED) is 0.537. The van der Waals surface area contributed by atoms with Crippen molar-refractivity contribution in [2.45, 2.75) is 40.0 Å². The van der Waals surface area contributed by atoms with Crippen molar-refractivity contribution >= 4 is 5.69 Å². The summed E-state index contributed by atoms with van der Waals surface area (Å²) in [5, 5.41) is 0. The van der Waals surface area contributed by atoms with Crippen LogP contribution >= 0.6 is 0 Å². The summed E-state index contributed by atoms with van der Waals surface area (Å²) in [6.07, 6.45) is 0. The second-order valence-corrected chi connectivity index (χ2v) is 4.74. The highest BCUT2D eigenvalue weighted by atomic mass is 14.6. The summed E-state index contributed by atoms with van der Waals surface area (Å²) in [6.45, 7) is 17.8. The fourth-order valence-electron chi connectivity index (χ4n) is 1.74. The average Bonchev–Trinajstić information content (AvgIpc) is 2.07. The van der Waals surface area contributed by atoms with Gasteiger partial charge in [0.1, 0.15) is 0 Å². The Labute approximate surface area is 86.6 Å². The minimum atomic E-state index is 0.162. The van der Waals surface area contributed by atoms with E-state index in [2.05, 4.69) is 38.6 Å². The van der Waals surface area contributed by atoms with Gasteiger partial charge >= 0.3 is 0 Å². The summed E-state index contributed by atoms with van der Waals surface area (Å²) in [4.78, 5) is 3.50. The normalized spacial score (nSPS) is 11.1. The van der Waals surface area contributed by atoms with Gasteiger partial charge in [0.05, 0.1) is 6.57 Å². The van der Waals surface area contributed by atoms with Crippen LogP contribution < -0.4 is 0 Å². The van der Waals surface area contributed by atoms with Gasteiger partial charge in [-0.2, -0.15) is 0 Å². The van der Waals surface area contributed by atoms with Gasteiger partial charge in [0.25, 0.3) is 0 Å². The van der Waals surface area contributed by atoms with Crippen LogP contribution in [0.4, 0.5) is 5.69 Å². The lowest BCUT2D eigenvalue weighted by molar-refractivity contribution is 0.585. The molecule has 74 valence electrons. The second kappa shape index (κ2) is 3.46. The molecule has 0 aliphatic carbocycles. The molecule has 1 aromatic rings. The zero-order valence-electron chi connectivity index (χ0n) is 9.60.